The summed E-state index contributed by atoms with van der Waals surface area (Å²) in [6.45, 7) is 1.90. The molecular weight excluding hydrogens is 349 g/mol. The van der Waals surface area contributed by atoms with Gasteiger partial charge in [0.1, 0.15) is 0 Å². The van der Waals surface area contributed by atoms with Gasteiger partial charge in [-0.2, -0.15) is 22.8 Å². The first-order valence-corrected chi connectivity index (χ1v) is 7.54. The van der Waals surface area contributed by atoms with Crippen molar-refractivity contribution in [3.05, 3.63) is 45.3 Å². The highest BCUT2D eigenvalue weighted by Gasteiger charge is 2.36. The zero-order chi connectivity index (χ0) is 16.8. The molecule has 0 atom stereocenters. The molecule has 0 amide bonds. The molecule has 3 aromatic rings. The SMILES string of the molecule is Cc1cc2c(C(F)(F)F)c(C#N)ccc2n1Cc1nsc(Cl)n1. The molecule has 3 rings (SSSR count). The summed E-state index contributed by atoms with van der Waals surface area (Å²) in [7, 11) is 0. The molecule has 4 nitrogen and oxygen atoms in total. The maximum absolute atomic E-state index is 13.3. The molecule has 0 aliphatic carbocycles. The number of hydrogen-bond acceptors (Lipinski definition) is 4. The highest BCUT2D eigenvalue weighted by molar-refractivity contribution is 7.10. The Bertz CT molecular complexity index is 936. The van der Waals surface area contributed by atoms with E-state index in [9.17, 15) is 13.2 Å². The fourth-order valence-electron chi connectivity index (χ4n) is 2.51. The summed E-state index contributed by atoms with van der Waals surface area (Å²) in [6.07, 6.45) is -4.61. The number of alkyl halides is 3. The summed E-state index contributed by atoms with van der Waals surface area (Å²) < 4.78 is 46.0. The Labute approximate surface area is 137 Å². The Hall–Kier alpha value is -2.11. The van der Waals surface area contributed by atoms with Gasteiger partial charge >= 0.3 is 6.18 Å². The molecule has 2 aromatic heterocycles. The van der Waals surface area contributed by atoms with E-state index in [-0.39, 0.29) is 16.4 Å². The second kappa shape index (κ2) is 5.51. The van der Waals surface area contributed by atoms with Crippen molar-refractivity contribution in [2.45, 2.75) is 19.6 Å². The Morgan fingerprint density at radius 3 is 2.70 bits per heavy atom. The molecule has 0 aliphatic heterocycles. The van der Waals surface area contributed by atoms with Crippen LogP contribution in [0.5, 0.6) is 0 Å². The van der Waals surface area contributed by atoms with E-state index in [0.29, 0.717) is 17.0 Å². The number of aryl methyl sites for hydroxylation is 1. The van der Waals surface area contributed by atoms with Gasteiger partial charge in [0.25, 0.3) is 0 Å². The number of nitrogens with zero attached hydrogens (tertiary/aromatic N) is 4. The highest BCUT2D eigenvalue weighted by Crippen LogP contribution is 2.38. The maximum atomic E-state index is 13.3. The average Bonchev–Trinajstić information content (AvgIpc) is 3.01. The van der Waals surface area contributed by atoms with E-state index >= 15 is 0 Å². The zero-order valence-electron chi connectivity index (χ0n) is 11.6. The second-order valence-electron chi connectivity index (χ2n) is 4.87. The molecule has 2 heterocycles. The van der Waals surface area contributed by atoms with Crippen LogP contribution in [0.2, 0.25) is 4.47 Å². The molecule has 118 valence electrons. The molecule has 0 fully saturated rings. The van der Waals surface area contributed by atoms with Crippen LogP contribution in [0.25, 0.3) is 10.9 Å². The van der Waals surface area contributed by atoms with E-state index in [2.05, 4.69) is 9.36 Å². The van der Waals surface area contributed by atoms with Gasteiger partial charge in [0, 0.05) is 16.6 Å². The Balaban J connectivity index is 2.22. The lowest BCUT2D eigenvalue weighted by atomic mass is 10.0. The van der Waals surface area contributed by atoms with Crippen molar-refractivity contribution in [1.82, 2.24) is 13.9 Å². The lowest BCUT2D eigenvalue weighted by Gasteiger charge is -2.11. The molecular formula is C14H8ClF3N4S. The van der Waals surface area contributed by atoms with Gasteiger partial charge in [0.2, 0.25) is 4.47 Å². The number of benzene rings is 1. The lowest BCUT2D eigenvalue weighted by Crippen LogP contribution is -2.09. The minimum absolute atomic E-state index is 0.00428. The summed E-state index contributed by atoms with van der Waals surface area (Å²) in [5, 5.41) is 8.96. The largest absolute Gasteiger partial charge is 0.418 e. The zero-order valence-corrected chi connectivity index (χ0v) is 13.2. The fraction of sp³-hybridized carbons (Fsp3) is 0.214. The van der Waals surface area contributed by atoms with E-state index in [1.807, 2.05) is 0 Å². The van der Waals surface area contributed by atoms with E-state index < -0.39 is 17.3 Å². The number of halogens is 4. The molecule has 1 aromatic carbocycles. The minimum Gasteiger partial charge on any atom is -0.337 e. The molecule has 9 heteroatoms. The Kier molecular flexibility index (Phi) is 3.78. The van der Waals surface area contributed by atoms with Crippen molar-refractivity contribution in [2.24, 2.45) is 0 Å². The standard InChI is InChI=1S/C14H8ClF3N4S/c1-7-4-9-10(22(7)6-11-20-13(15)23-21-11)3-2-8(5-19)12(9)14(16,17)18/h2-4H,6H2,1H3. The highest BCUT2D eigenvalue weighted by atomic mass is 35.5. The van der Waals surface area contributed by atoms with Crippen molar-refractivity contribution >= 4 is 34.0 Å². The van der Waals surface area contributed by atoms with Gasteiger partial charge in [0.15, 0.2) is 5.82 Å². The normalized spacial score (nSPS) is 11.8. The van der Waals surface area contributed by atoms with Gasteiger partial charge in [-0.05, 0) is 48.3 Å². The molecule has 0 radical (unpaired) electrons. The molecule has 0 bridgehead atoms. The third-order valence-corrected chi connectivity index (χ3v) is 4.27. The second-order valence-corrected chi connectivity index (χ2v) is 6.20. The van der Waals surface area contributed by atoms with Crippen molar-refractivity contribution < 1.29 is 13.2 Å². The first-order chi connectivity index (χ1) is 10.8. The van der Waals surface area contributed by atoms with Crippen LogP contribution in [-0.2, 0) is 12.7 Å². The third kappa shape index (κ3) is 2.78. The third-order valence-electron chi connectivity index (χ3n) is 3.44. The Morgan fingerprint density at radius 2 is 2.13 bits per heavy atom. The van der Waals surface area contributed by atoms with Crippen LogP contribution in [0.15, 0.2) is 18.2 Å². The van der Waals surface area contributed by atoms with E-state index in [1.165, 1.54) is 18.2 Å². The van der Waals surface area contributed by atoms with Gasteiger partial charge in [-0.1, -0.05) is 0 Å². The average molecular weight is 357 g/mol. The molecule has 0 saturated heterocycles. The summed E-state index contributed by atoms with van der Waals surface area (Å²) in [6, 6.07) is 5.72. The number of fused-ring (bicyclic) bond motifs is 1. The predicted octanol–water partition coefficient (Wildman–Crippen LogP) is 4.39. The topological polar surface area (TPSA) is 54.5 Å². The number of aromatic nitrogens is 3. The lowest BCUT2D eigenvalue weighted by molar-refractivity contribution is -0.136. The van der Waals surface area contributed by atoms with Crippen molar-refractivity contribution in [1.29, 1.82) is 5.26 Å². The van der Waals surface area contributed by atoms with Crippen LogP contribution >= 0.6 is 23.1 Å². The summed E-state index contributed by atoms with van der Waals surface area (Å²) in [5.41, 5.74) is -0.313. The summed E-state index contributed by atoms with van der Waals surface area (Å²) in [4.78, 5) is 4.02. The van der Waals surface area contributed by atoms with E-state index in [1.54, 1.807) is 17.6 Å². The molecule has 0 aliphatic rings. The van der Waals surface area contributed by atoms with Gasteiger partial charge < -0.3 is 4.57 Å². The van der Waals surface area contributed by atoms with Crippen LogP contribution in [0.4, 0.5) is 13.2 Å². The molecule has 23 heavy (non-hydrogen) atoms. The van der Waals surface area contributed by atoms with Crippen LogP contribution in [-0.4, -0.2) is 13.9 Å². The molecule has 0 saturated carbocycles. The van der Waals surface area contributed by atoms with Crippen molar-refractivity contribution in [3.63, 3.8) is 0 Å². The quantitative estimate of drug-likeness (QED) is 0.684. The van der Waals surface area contributed by atoms with Gasteiger partial charge in [-0.3, -0.25) is 0 Å². The Morgan fingerprint density at radius 1 is 1.39 bits per heavy atom. The maximum Gasteiger partial charge on any atom is 0.418 e. The van der Waals surface area contributed by atoms with Gasteiger partial charge in [0.05, 0.1) is 23.7 Å². The summed E-state index contributed by atoms with van der Waals surface area (Å²) in [5.74, 6) is 0.429. The predicted molar refractivity (Wildman–Crippen MR) is 80.4 cm³/mol. The first kappa shape index (κ1) is 15.8. The van der Waals surface area contributed by atoms with E-state index in [0.717, 1.165) is 11.5 Å². The number of nitriles is 1. The first-order valence-electron chi connectivity index (χ1n) is 6.39. The van der Waals surface area contributed by atoms with Crippen molar-refractivity contribution in [3.8, 4) is 6.07 Å². The smallest absolute Gasteiger partial charge is 0.337 e. The van der Waals surface area contributed by atoms with Crippen LogP contribution < -0.4 is 0 Å². The number of rotatable bonds is 2. The molecule has 0 unspecified atom stereocenters. The van der Waals surface area contributed by atoms with Gasteiger partial charge in [-0.25, -0.2) is 4.98 Å². The molecule has 0 N–H and O–H groups in total. The molecule has 0 spiro atoms. The van der Waals surface area contributed by atoms with Crippen LogP contribution in [0.3, 0.4) is 0 Å². The minimum atomic E-state index is -4.61. The van der Waals surface area contributed by atoms with Crippen LogP contribution in [0, 0.1) is 18.3 Å². The van der Waals surface area contributed by atoms with Crippen LogP contribution in [0.1, 0.15) is 22.6 Å². The van der Waals surface area contributed by atoms with Crippen molar-refractivity contribution in [2.75, 3.05) is 0 Å². The number of hydrogen-bond donors (Lipinski definition) is 0. The summed E-state index contributed by atoms with van der Waals surface area (Å²) >= 11 is 6.75. The van der Waals surface area contributed by atoms with Gasteiger partial charge in [-0.15, -0.1) is 0 Å². The monoisotopic (exact) mass is 356 g/mol. The van der Waals surface area contributed by atoms with E-state index in [4.69, 9.17) is 16.9 Å². The fourth-order valence-corrected chi connectivity index (χ4v) is 3.14.